The minimum Gasteiger partial charge on any atom is -0.387 e. The lowest BCUT2D eigenvalue weighted by atomic mass is 10.1. The van der Waals surface area contributed by atoms with Crippen LogP contribution >= 0.6 is 23.2 Å². The molecule has 1 atom stereocenters. The van der Waals surface area contributed by atoms with Gasteiger partial charge in [-0.1, -0.05) is 29.3 Å². The van der Waals surface area contributed by atoms with Crippen molar-refractivity contribution in [3.05, 3.63) is 57.8 Å². The van der Waals surface area contributed by atoms with E-state index in [1.807, 2.05) is 18.5 Å². The maximum Gasteiger partial charge on any atom is 0.0943 e. The SMILES string of the molecule is OC(CNCc1cc[nH]c1)c1c(Cl)cccc1Cl. The molecule has 2 aromatic rings. The predicted octanol–water partition coefficient (Wildman–Crippen LogP) is 3.14. The minimum atomic E-state index is -0.717. The summed E-state index contributed by atoms with van der Waals surface area (Å²) in [5, 5.41) is 14.2. The van der Waals surface area contributed by atoms with Crippen molar-refractivity contribution < 1.29 is 5.11 Å². The number of aromatic amines is 1. The zero-order chi connectivity index (χ0) is 13.0. The number of H-pyrrole nitrogens is 1. The number of benzene rings is 1. The third-order valence-electron chi connectivity index (χ3n) is 2.66. The molecule has 5 heteroatoms. The molecule has 0 bridgehead atoms. The van der Waals surface area contributed by atoms with Gasteiger partial charge in [-0.25, -0.2) is 0 Å². The first-order chi connectivity index (χ1) is 8.68. The summed E-state index contributed by atoms with van der Waals surface area (Å²) < 4.78 is 0. The van der Waals surface area contributed by atoms with Gasteiger partial charge in [0.2, 0.25) is 0 Å². The topological polar surface area (TPSA) is 48.0 Å². The molecule has 1 aromatic heterocycles. The normalized spacial score (nSPS) is 12.6. The lowest BCUT2D eigenvalue weighted by Crippen LogP contribution is -2.21. The van der Waals surface area contributed by atoms with Gasteiger partial charge in [0.1, 0.15) is 0 Å². The summed E-state index contributed by atoms with van der Waals surface area (Å²) in [5.74, 6) is 0. The van der Waals surface area contributed by atoms with Gasteiger partial charge in [0.15, 0.2) is 0 Å². The lowest BCUT2D eigenvalue weighted by Gasteiger charge is -2.15. The highest BCUT2D eigenvalue weighted by Gasteiger charge is 2.14. The van der Waals surface area contributed by atoms with Gasteiger partial charge in [0, 0.05) is 41.1 Å². The van der Waals surface area contributed by atoms with E-state index < -0.39 is 6.10 Å². The van der Waals surface area contributed by atoms with Crippen LogP contribution < -0.4 is 5.32 Å². The molecule has 0 saturated carbocycles. The van der Waals surface area contributed by atoms with Crippen molar-refractivity contribution in [2.75, 3.05) is 6.54 Å². The van der Waals surface area contributed by atoms with E-state index in [-0.39, 0.29) is 0 Å². The van der Waals surface area contributed by atoms with Crippen LogP contribution in [0.3, 0.4) is 0 Å². The Morgan fingerprint density at radius 3 is 2.56 bits per heavy atom. The first-order valence-corrected chi connectivity index (χ1v) is 6.38. The molecular formula is C13H14Cl2N2O. The average molecular weight is 285 g/mol. The number of aromatic nitrogens is 1. The molecule has 0 aliphatic carbocycles. The Labute approximate surface area is 116 Å². The molecular weight excluding hydrogens is 271 g/mol. The van der Waals surface area contributed by atoms with Gasteiger partial charge in [-0.15, -0.1) is 0 Å². The molecule has 96 valence electrons. The smallest absolute Gasteiger partial charge is 0.0943 e. The van der Waals surface area contributed by atoms with E-state index in [1.54, 1.807) is 18.2 Å². The number of rotatable bonds is 5. The first kappa shape index (κ1) is 13.4. The fourth-order valence-corrected chi connectivity index (χ4v) is 2.40. The number of halogens is 2. The predicted molar refractivity (Wildman–Crippen MR) is 73.9 cm³/mol. The van der Waals surface area contributed by atoms with Crippen molar-refractivity contribution in [1.29, 1.82) is 0 Å². The van der Waals surface area contributed by atoms with Crippen LogP contribution in [-0.4, -0.2) is 16.6 Å². The third kappa shape index (κ3) is 3.27. The molecule has 0 fully saturated rings. The maximum absolute atomic E-state index is 10.1. The van der Waals surface area contributed by atoms with Crippen LogP contribution in [0.2, 0.25) is 10.0 Å². The number of aliphatic hydroxyl groups is 1. The molecule has 0 radical (unpaired) electrons. The maximum atomic E-state index is 10.1. The highest BCUT2D eigenvalue weighted by atomic mass is 35.5. The minimum absolute atomic E-state index is 0.397. The zero-order valence-electron chi connectivity index (χ0n) is 9.66. The first-order valence-electron chi connectivity index (χ1n) is 5.63. The second kappa shape index (κ2) is 6.25. The Morgan fingerprint density at radius 1 is 1.22 bits per heavy atom. The number of hydrogen-bond acceptors (Lipinski definition) is 2. The van der Waals surface area contributed by atoms with Gasteiger partial charge in [-0.2, -0.15) is 0 Å². The summed E-state index contributed by atoms with van der Waals surface area (Å²) in [6, 6.07) is 7.17. The molecule has 1 heterocycles. The quantitative estimate of drug-likeness (QED) is 0.790. The number of hydrogen-bond donors (Lipinski definition) is 3. The monoisotopic (exact) mass is 284 g/mol. The van der Waals surface area contributed by atoms with E-state index in [0.29, 0.717) is 28.7 Å². The number of aliphatic hydroxyl groups excluding tert-OH is 1. The van der Waals surface area contributed by atoms with E-state index in [4.69, 9.17) is 23.2 Å². The Hall–Kier alpha value is -1.00. The zero-order valence-corrected chi connectivity index (χ0v) is 11.2. The Balaban J connectivity index is 1.93. The summed E-state index contributed by atoms with van der Waals surface area (Å²) in [7, 11) is 0. The summed E-state index contributed by atoms with van der Waals surface area (Å²) in [6.07, 6.45) is 3.05. The Kier molecular flexibility index (Phi) is 4.66. The summed E-state index contributed by atoms with van der Waals surface area (Å²) in [5.41, 5.74) is 1.70. The van der Waals surface area contributed by atoms with Gasteiger partial charge in [-0.3, -0.25) is 0 Å². The van der Waals surface area contributed by atoms with Crippen molar-refractivity contribution in [2.45, 2.75) is 12.6 Å². The fourth-order valence-electron chi connectivity index (χ4n) is 1.75. The van der Waals surface area contributed by atoms with Crippen LogP contribution in [0, 0.1) is 0 Å². The summed E-state index contributed by atoms with van der Waals surface area (Å²) in [4.78, 5) is 2.97. The van der Waals surface area contributed by atoms with E-state index >= 15 is 0 Å². The van der Waals surface area contributed by atoms with Crippen LogP contribution in [0.4, 0.5) is 0 Å². The molecule has 0 saturated heterocycles. The van der Waals surface area contributed by atoms with Crippen molar-refractivity contribution >= 4 is 23.2 Å². The van der Waals surface area contributed by atoms with Crippen LogP contribution in [0.1, 0.15) is 17.2 Å². The van der Waals surface area contributed by atoms with Crippen LogP contribution in [-0.2, 0) is 6.54 Å². The van der Waals surface area contributed by atoms with Gasteiger partial charge in [-0.05, 0) is 23.8 Å². The van der Waals surface area contributed by atoms with Gasteiger partial charge < -0.3 is 15.4 Å². The molecule has 0 spiro atoms. The van der Waals surface area contributed by atoms with Gasteiger partial charge in [0.25, 0.3) is 0 Å². The van der Waals surface area contributed by atoms with Crippen molar-refractivity contribution in [1.82, 2.24) is 10.3 Å². The van der Waals surface area contributed by atoms with Crippen molar-refractivity contribution in [2.24, 2.45) is 0 Å². The van der Waals surface area contributed by atoms with E-state index in [2.05, 4.69) is 10.3 Å². The van der Waals surface area contributed by atoms with Crippen molar-refractivity contribution in [3.8, 4) is 0 Å². The fraction of sp³-hybridized carbons (Fsp3) is 0.231. The van der Waals surface area contributed by atoms with Crippen molar-refractivity contribution in [3.63, 3.8) is 0 Å². The lowest BCUT2D eigenvalue weighted by molar-refractivity contribution is 0.174. The molecule has 0 aliphatic heterocycles. The standard InChI is InChI=1S/C13H14Cl2N2O/c14-10-2-1-3-11(15)13(10)12(18)8-17-7-9-4-5-16-6-9/h1-6,12,16-18H,7-8H2. The van der Waals surface area contributed by atoms with Gasteiger partial charge >= 0.3 is 0 Å². The van der Waals surface area contributed by atoms with Crippen LogP contribution in [0.15, 0.2) is 36.7 Å². The number of nitrogens with one attached hydrogen (secondary N) is 2. The van der Waals surface area contributed by atoms with E-state index in [9.17, 15) is 5.11 Å². The molecule has 3 N–H and O–H groups in total. The van der Waals surface area contributed by atoms with E-state index in [1.165, 1.54) is 0 Å². The second-order valence-corrected chi connectivity index (χ2v) is 4.82. The molecule has 0 amide bonds. The van der Waals surface area contributed by atoms with E-state index in [0.717, 1.165) is 5.56 Å². The second-order valence-electron chi connectivity index (χ2n) is 4.00. The Morgan fingerprint density at radius 2 is 1.94 bits per heavy atom. The third-order valence-corrected chi connectivity index (χ3v) is 3.32. The summed E-state index contributed by atoms with van der Waals surface area (Å²) >= 11 is 12.1. The highest BCUT2D eigenvalue weighted by molar-refractivity contribution is 6.36. The molecule has 0 aliphatic rings. The molecule has 3 nitrogen and oxygen atoms in total. The largest absolute Gasteiger partial charge is 0.387 e. The molecule has 2 rings (SSSR count). The molecule has 1 aromatic carbocycles. The summed E-state index contributed by atoms with van der Waals surface area (Å²) in [6.45, 7) is 1.08. The molecule has 18 heavy (non-hydrogen) atoms. The van der Waals surface area contributed by atoms with Crippen LogP contribution in [0.25, 0.3) is 0 Å². The van der Waals surface area contributed by atoms with Crippen LogP contribution in [0.5, 0.6) is 0 Å². The average Bonchev–Trinajstić information content (AvgIpc) is 2.82. The highest BCUT2D eigenvalue weighted by Crippen LogP contribution is 2.29. The Bertz CT molecular complexity index is 479. The van der Waals surface area contributed by atoms with Gasteiger partial charge in [0.05, 0.1) is 6.10 Å². The molecule has 1 unspecified atom stereocenters.